The molecule has 2 aliphatic carbocycles. The first-order valence-corrected chi connectivity index (χ1v) is 15.2. The Balaban J connectivity index is 1.32. The van der Waals surface area contributed by atoms with Gasteiger partial charge in [-0.3, -0.25) is 4.79 Å². The van der Waals surface area contributed by atoms with Gasteiger partial charge in [-0.1, -0.05) is 56.0 Å². The van der Waals surface area contributed by atoms with Crippen LogP contribution in [0.25, 0.3) is 11.4 Å². The van der Waals surface area contributed by atoms with Crippen molar-refractivity contribution in [2.75, 3.05) is 13.7 Å². The molecule has 0 radical (unpaired) electrons. The zero-order valence-electron chi connectivity index (χ0n) is 24.4. The fraction of sp³-hybridized carbons (Fsp3) is 0.455. The molecule has 2 aromatic carbocycles. The van der Waals surface area contributed by atoms with Crippen molar-refractivity contribution in [1.29, 1.82) is 0 Å². The van der Waals surface area contributed by atoms with E-state index in [4.69, 9.17) is 22.1 Å². The van der Waals surface area contributed by atoms with Crippen LogP contribution in [-0.2, 0) is 11.3 Å². The molecule has 3 N–H and O–H groups in total. The first kappa shape index (κ1) is 29.1. The summed E-state index contributed by atoms with van der Waals surface area (Å²) in [6, 6.07) is 13.9. The molecule has 0 spiro atoms. The number of nitrogens with one attached hydrogen (secondary N) is 1. The average molecular weight is 576 g/mol. The van der Waals surface area contributed by atoms with E-state index in [2.05, 4.69) is 22.1 Å². The van der Waals surface area contributed by atoms with Crippen molar-refractivity contribution in [2.45, 2.75) is 65.0 Å². The molecule has 7 nitrogen and oxygen atoms in total. The van der Waals surface area contributed by atoms with Gasteiger partial charge in [0, 0.05) is 35.6 Å². The van der Waals surface area contributed by atoms with Gasteiger partial charge in [0.05, 0.1) is 37.1 Å². The number of hydrogen-bond acceptors (Lipinski definition) is 5. The third-order valence-corrected chi connectivity index (χ3v) is 9.16. The highest BCUT2D eigenvalue weighted by Crippen LogP contribution is 2.46. The van der Waals surface area contributed by atoms with E-state index in [0.29, 0.717) is 34.8 Å². The molecule has 8 heteroatoms. The van der Waals surface area contributed by atoms with Crippen molar-refractivity contribution in [2.24, 2.45) is 23.5 Å². The maximum absolute atomic E-state index is 13.9. The van der Waals surface area contributed by atoms with Crippen molar-refractivity contribution in [1.82, 2.24) is 19.8 Å². The van der Waals surface area contributed by atoms with Gasteiger partial charge in [-0.2, -0.15) is 0 Å². The molecular formula is C33H42ClN5O2. The van der Waals surface area contributed by atoms with E-state index in [1.807, 2.05) is 60.2 Å². The normalized spacial score (nSPS) is 22.3. The molecule has 2 aliphatic rings. The molecule has 1 aromatic heterocycles. The number of aromatic nitrogens is 2. The maximum atomic E-state index is 13.9. The molecule has 2 fully saturated rings. The van der Waals surface area contributed by atoms with Crippen LogP contribution in [0.5, 0.6) is 5.75 Å². The van der Waals surface area contributed by atoms with E-state index < -0.39 is 0 Å². The van der Waals surface area contributed by atoms with Crippen LogP contribution in [0.4, 0.5) is 0 Å². The molecular weight excluding hydrogens is 534 g/mol. The molecule has 0 aliphatic heterocycles. The summed E-state index contributed by atoms with van der Waals surface area (Å²) in [7, 11) is 1.64. The molecule has 0 saturated heterocycles. The first-order valence-electron chi connectivity index (χ1n) is 14.8. The Kier molecular flexibility index (Phi) is 9.23. The van der Waals surface area contributed by atoms with Gasteiger partial charge in [-0.15, -0.1) is 0 Å². The summed E-state index contributed by atoms with van der Waals surface area (Å²) in [6.45, 7) is 5.00. The number of amides is 1. The Hall–Kier alpha value is -3.45. The van der Waals surface area contributed by atoms with Crippen molar-refractivity contribution < 1.29 is 9.53 Å². The lowest BCUT2D eigenvalue weighted by molar-refractivity contribution is -0.138. The molecule has 1 heterocycles. The van der Waals surface area contributed by atoms with E-state index in [1.165, 1.54) is 32.1 Å². The largest absolute Gasteiger partial charge is 0.495 e. The highest BCUT2D eigenvalue weighted by Gasteiger charge is 2.43. The number of fused-ring (bicyclic) bond motifs is 2. The van der Waals surface area contributed by atoms with E-state index in [9.17, 15) is 4.79 Å². The maximum Gasteiger partial charge on any atom is 0.242 e. The Morgan fingerprint density at radius 2 is 2.02 bits per heavy atom. The number of nitrogens with zero attached hydrogens (tertiary/aromatic N) is 3. The highest BCUT2D eigenvalue weighted by molar-refractivity contribution is 6.30. The van der Waals surface area contributed by atoms with Gasteiger partial charge in [0.15, 0.2) is 0 Å². The second-order valence-electron chi connectivity index (χ2n) is 11.6. The lowest BCUT2D eigenvalue weighted by atomic mass is 9.64. The topological polar surface area (TPSA) is 85.4 Å². The van der Waals surface area contributed by atoms with E-state index in [0.717, 1.165) is 34.8 Å². The number of rotatable bonds is 10. The van der Waals surface area contributed by atoms with Gasteiger partial charge >= 0.3 is 0 Å². The Labute approximate surface area is 248 Å². The number of hydrogen-bond donors (Lipinski definition) is 2. The predicted octanol–water partition coefficient (Wildman–Crippen LogP) is 6.32. The van der Waals surface area contributed by atoms with Gasteiger partial charge in [0.25, 0.3) is 0 Å². The number of benzene rings is 2. The summed E-state index contributed by atoms with van der Waals surface area (Å²) < 4.78 is 7.56. The third kappa shape index (κ3) is 6.72. The fourth-order valence-corrected chi connectivity index (χ4v) is 7.06. The quantitative estimate of drug-likeness (QED) is 0.295. The standard InChI is InChI=1S/C33H42ClN5O2/c1-4-25-14-24-6-5-7-27(15-24)33(25)39(20-23-8-11-28(34)12-9-23)32(40)18-36-17-29(35)26-10-13-30(31(16-26)41-3)38-19-22(2)37-21-38/h8-13,16-17,19,21,24-25,27,33,36H,4-7,14-15,18,20,35H2,1-3H3/b29-17-. The van der Waals surface area contributed by atoms with E-state index in [-0.39, 0.29) is 18.5 Å². The number of methoxy groups -OCH3 is 1. The Bertz CT molecular complexity index is 1370. The molecule has 3 aromatic rings. The summed E-state index contributed by atoms with van der Waals surface area (Å²) in [6.07, 6.45) is 12.8. The van der Waals surface area contributed by atoms with Crippen LogP contribution in [0.3, 0.4) is 0 Å². The van der Waals surface area contributed by atoms with Crippen LogP contribution in [0.1, 0.15) is 62.3 Å². The van der Waals surface area contributed by atoms with Crippen LogP contribution in [0.15, 0.2) is 61.2 Å². The molecule has 4 unspecified atom stereocenters. The smallest absolute Gasteiger partial charge is 0.242 e. The lowest BCUT2D eigenvalue weighted by Crippen LogP contribution is -2.54. The molecule has 4 atom stereocenters. The Morgan fingerprint density at radius 1 is 1.22 bits per heavy atom. The van der Waals surface area contributed by atoms with Gasteiger partial charge in [-0.25, -0.2) is 4.98 Å². The molecule has 1 amide bonds. The predicted molar refractivity (Wildman–Crippen MR) is 165 cm³/mol. The zero-order valence-corrected chi connectivity index (χ0v) is 25.1. The Morgan fingerprint density at radius 3 is 2.73 bits per heavy atom. The fourth-order valence-electron chi connectivity index (χ4n) is 6.93. The van der Waals surface area contributed by atoms with Crippen molar-refractivity contribution >= 4 is 23.2 Å². The highest BCUT2D eigenvalue weighted by atomic mass is 35.5. The second kappa shape index (κ2) is 13.0. The van der Waals surface area contributed by atoms with Gasteiger partial charge in [0.2, 0.25) is 5.91 Å². The van der Waals surface area contributed by atoms with Gasteiger partial charge in [0.1, 0.15) is 5.75 Å². The SMILES string of the molecule is CCC1CC2CCCC(C2)C1N(Cc1ccc(Cl)cc1)C(=O)CN/C=C(\N)c1ccc(-n2cnc(C)c2)c(OC)c1. The van der Waals surface area contributed by atoms with Crippen molar-refractivity contribution in [3.8, 4) is 11.4 Å². The molecule has 2 saturated carbocycles. The third-order valence-electron chi connectivity index (χ3n) is 8.91. The summed E-state index contributed by atoms with van der Waals surface area (Å²) >= 11 is 6.16. The number of aryl methyl sites for hydroxylation is 1. The minimum atomic E-state index is 0.0971. The van der Waals surface area contributed by atoms with E-state index in [1.54, 1.807) is 19.6 Å². The van der Waals surface area contributed by atoms with Crippen molar-refractivity contribution in [3.63, 3.8) is 0 Å². The van der Waals surface area contributed by atoms with Gasteiger partial charge in [-0.05, 0) is 73.8 Å². The van der Waals surface area contributed by atoms with Crippen LogP contribution < -0.4 is 15.8 Å². The van der Waals surface area contributed by atoms with E-state index >= 15 is 0 Å². The zero-order chi connectivity index (χ0) is 28.9. The number of carbonyl (C=O) groups is 1. The van der Waals surface area contributed by atoms with Crippen LogP contribution in [-0.4, -0.2) is 40.1 Å². The summed E-state index contributed by atoms with van der Waals surface area (Å²) in [4.78, 5) is 20.3. The van der Waals surface area contributed by atoms with Crippen LogP contribution in [0, 0.1) is 24.7 Å². The number of halogens is 1. The minimum absolute atomic E-state index is 0.0971. The summed E-state index contributed by atoms with van der Waals surface area (Å²) in [5.41, 5.74) is 10.7. The number of imidazole rings is 1. The first-order chi connectivity index (χ1) is 19.9. The van der Waals surface area contributed by atoms with Crippen LogP contribution in [0.2, 0.25) is 5.02 Å². The molecule has 5 rings (SSSR count). The van der Waals surface area contributed by atoms with Gasteiger partial charge < -0.3 is 25.3 Å². The molecule has 41 heavy (non-hydrogen) atoms. The minimum Gasteiger partial charge on any atom is -0.495 e. The number of nitrogens with two attached hydrogens (primary N) is 1. The van der Waals surface area contributed by atoms with Crippen molar-refractivity contribution in [3.05, 3.63) is 83.0 Å². The average Bonchev–Trinajstić information content (AvgIpc) is 3.42. The monoisotopic (exact) mass is 575 g/mol. The second-order valence-corrected chi connectivity index (χ2v) is 12.1. The number of carbonyl (C=O) groups excluding carboxylic acids is 1. The number of ether oxygens (including phenoxy) is 1. The lowest BCUT2D eigenvalue weighted by Gasteiger charge is -2.50. The molecule has 218 valence electrons. The summed E-state index contributed by atoms with van der Waals surface area (Å²) in [5.74, 6) is 2.69. The van der Waals surface area contributed by atoms with Crippen LogP contribution >= 0.6 is 11.6 Å². The summed E-state index contributed by atoms with van der Waals surface area (Å²) in [5, 5.41) is 3.92. The molecule has 2 bridgehead atoms.